The zero-order valence-electron chi connectivity index (χ0n) is 5.79. The molecule has 1 atom stereocenters. The first-order chi connectivity index (χ1) is 4.68. The first-order valence-electron chi connectivity index (χ1n) is 3.58. The van der Waals surface area contributed by atoms with Gasteiger partial charge in [-0.3, -0.25) is 4.79 Å². The van der Waals surface area contributed by atoms with Crippen LogP contribution in [0.3, 0.4) is 0 Å². The number of hydrogen-bond donors (Lipinski definition) is 2. The van der Waals surface area contributed by atoms with E-state index in [4.69, 9.17) is 10.2 Å². The molecule has 1 rings (SSSR count). The molecule has 0 aliphatic heterocycles. The van der Waals surface area contributed by atoms with Gasteiger partial charge in [0.15, 0.2) is 0 Å². The van der Waals surface area contributed by atoms with E-state index in [1.165, 1.54) is 0 Å². The van der Waals surface area contributed by atoms with E-state index in [0.29, 0.717) is 12.3 Å². The molecule has 1 fully saturated rings. The van der Waals surface area contributed by atoms with Crippen molar-refractivity contribution in [2.75, 3.05) is 0 Å². The summed E-state index contributed by atoms with van der Waals surface area (Å²) in [6, 6.07) is 0. The van der Waals surface area contributed by atoms with Gasteiger partial charge >= 0.3 is 5.97 Å². The molecule has 10 heavy (non-hydrogen) atoms. The van der Waals surface area contributed by atoms with Gasteiger partial charge in [0.25, 0.3) is 0 Å². The van der Waals surface area contributed by atoms with Gasteiger partial charge in [-0.1, -0.05) is 12.8 Å². The van der Waals surface area contributed by atoms with E-state index in [-0.39, 0.29) is 6.42 Å². The maximum absolute atomic E-state index is 10.1. The summed E-state index contributed by atoms with van der Waals surface area (Å²) in [6.07, 6.45) is 2.28. The van der Waals surface area contributed by atoms with Gasteiger partial charge in [0.2, 0.25) is 0 Å². The smallest absolute Gasteiger partial charge is 0.305 e. The Morgan fingerprint density at radius 1 is 1.60 bits per heavy atom. The average molecular weight is 144 g/mol. The standard InChI is InChI=1S/C7H12O3/c8-6(4-7(9)10)3-5-1-2-5/h5-6,8H,1-4H2,(H,9,10). The highest BCUT2D eigenvalue weighted by molar-refractivity contribution is 5.67. The molecule has 0 aromatic carbocycles. The molecule has 2 N–H and O–H groups in total. The highest BCUT2D eigenvalue weighted by Crippen LogP contribution is 2.33. The second-order valence-electron chi connectivity index (χ2n) is 2.93. The summed E-state index contributed by atoms with van der Waals surface area (Å²) in [5.74, 6) is -0.303. The van der Waals surface area contributed by atoms with Crippen LogP contribution < -0.4 is 0 Å². The second kappa shape index (κ2) is 3.01. The number of aliphatic hydroxyl groups excluding tert-OH is 1. The second-order valence-corrected chi connectivity index (χ2v) is 2.93. The topological polar surface area (TPSA) is 57.5 Å². The molecule has 0 radical (unpaired) electrons. The highest BCUT2D eigenvalue weighted by atomic mass is 16.4. The molecule has 0 saturated heterocycles. The quantitative estimate of drug-likeness (QED) is 0.608. The van der Waals surface area contributed by atoms with Crippen molar-refractivity contribution in [3.8, 4) is 0 Å². The van der Waals surface area contributed by atoms with Crippen LogP contribution in [0.25, 0.3) is 0 Å². The van der Waals surface area contributed by atoms with Crippen LogP contribution in [0.5, 0.6) is 0 Å². The van der Waals surface area contributed by atoms with Crippen LogP contribution in [0.2, 0.25) is 0 Å². The molecule has 1 unspecified atom stereocenters. The van der Waals surface area contributed by atoms with Crippen molar-refractivity contribution in [3.63, 3.8) is 0 Å². The van der Waals surface area contributed by atoms with Gasteiger partial charge in [0.1, 0.15) is 0 Å². The number of rotatable bonds is 4. The van der Waals surface area contributed by atoms with Crippen molar-refractivity contribution in [1.29, 1.82) is 0 Å². The molecule has 1 aliphatic rings. The summed E-state index contributed by atoms with van der Waals surface area (Å²) in [5, 5.41) is 17.3. The fourth-order valence-corrected chi connectivity index (χ4v) is 1.02. The molecule has 3 heteroatoms. The summed E-state index contributed by atoms with van der Waals surface area (Å²) < 4.78 is 0. The zero-order valence-corrected chi connectivity index (χ0v) is 5.79. The van der Waals surface area contributed by atoms with E-state index >= 15 is 0 Å². The highest BCUT2D eigenvalue weighted by Gasteiger charge is 2.25. The Labute approximate surface area is 59.7 Å². The van der Waals surface area contributed by atoms with Crippen molar-refractivity contribution in [2.24, 2.45) is 5.92 Å². The Bertz CT molecular complexity index is 129. The SMILES string of the molecule is O=C(O)CC(O)CC1CC1. The van der Waals surface area contributed by atoms with Crippen LogP contribution in [0.1, 0.15) is 25.7 Å². The summed E-state index contributed by atoms with van der Waals surface area (Å²) in [7, 11) is 0. The Hall–Kier alpha value is -0.570. The molecule has 58 valence electrons. The molecule has 0 aromatic heterocycles. The van der Waals surface area contributed by atoms with E-state index in [9.17, 15) is 4.79 Å². The third kappa shape index (κ3) is 2.82. The largest absolute Gasteiger partial charge is 0.481 e. The van der Waals surface area contributed by atoms with E-state index in [0.717, 1.165) is 12.8 Å². The van der Waals surface area contributed by atoms with Gasteiger partial charge in [0.05, 0.1) is 12.5 Å². The Kier molecular flexibility index (Phi) is 2.27. The van der Waals surface area contributed by atoms with E-state index in [1.807, 2.05) is 0 Å². The van der Waals surface area contributed by atoms with Crippen LogP contribution in [0.15, 0.2) is 0 Å². The van der Waals surface area contributed by atoms with Gasteiger partial charge in [-0.25, -0.2) is 0 Å². The van der Waals surface area contributed by atoms with Crippen LogP contribution in [0.4, 0.5) is 0 Å². The number of carbonyl (C=O) groups is 1. The number of aliphatic carboxylic acids is 1. The van der Waals surface area contributed by atoms with Crippen molar-refractivity contribution >= 4 is 5.97 Å². The number of aliphatic hydroxyl groups is 1. The molecule has 0 spiro atoms. The van der Waals surface area contributed by atoms with Crippen LogP contribution >= 0.6 is 0 Å². The molecule has 0 heterocycles. The monoisotopic (exact) mass is 144 g/mol. The van der Waals surface area contributed by atoms with Gasteiger partial charge in [0, 0.05) is 0 Å². The predicted molar refractivity (Wildman–Crippen MR) is 35.6 cm³/mol. The summed E-state index contributed by atoms with van der Waals surface area (Å²) in [5.41, 5.74) is 0. The van der Waals surface area contributed by atoms with E-state index in [2.05, 4.69) is 0 Å². The molecule has 1 saturated carbocycles. The first kappa shape index (κ1) is 7.54. The Morgan fingerprint density at radius 2 is 2.20 bits per heavy atom. The summed E-state index contributed by atoms with van der Waals surface area (Å²) in [6.45, 7) is 0. The van der Waals surface area contributed by atoms with Crippen molar-refractivity contribution < 1.29 is 15.0 Å². The summed E-state index contributed by atoms with van der Waals surface area (Å²) >= 11 is 0. The molecule has 3 nitrogen and oxygen atoms in total. The van der Waals surface area contributed by atoms with Gasteiger partial charge in [-0.15, -0.1) is 0 Å². The normalized spacial score (nSPS) is 20.5. The van der Waals surface area contributed by atoms with Crippen molar-refractivity contribution in [1.82, 2.24) is 0 Å². The Morgan fingerprint density at radius 3 is 2.60 bits per heavy atom. The summed E-state index contributed by atoms with van der Waals surface area (Å²) in [4.78, 5) is 10.1. The van der Waals surface area contributed by atoms with Gasteiger partial charge in [-0.2, -0.15) is 0 Å². The average Bonchev–Trinajstić information content (AvgIpc) is 2.46. The third-order valence-electron chi connectivity index (χ3n) is 1.71. The number of carboxylic acids is 1. The van der Waals surface area contributed by atoms with E-state index < -0.39 is 12.1 Å². The molecule has 0 amide bonds. The van der Waals surface area contributed by atoms with Crippen LogP contribution in [0, 0.1) is 5.92 Å². The molecule has 0 aromatic rings. The van der Waals surface area contributed by atoms with Crippen LogP contribution in [-0.2, 0) is 4.79 Å². The lowest BCUT2D eigenvalue weighted by Gasteiger charge is -2.04. The van der Waals surface area contributed by atoms with Gasteiger partial charge in [-0.05, 0) is 12.3 Å². The zero-order chi connectivity index (χ0) is 7.56. The lowest BCUT2D eigenvalue weighted by molar-refractivity contribution is -0.139. The lowest BCUT2D eigenvalue weighted by Crippen LogP contribution is -2.13. The fourth-order valence-electron chi connectivity index (χ4n) is 1.02. The number of carboxylic acid groups (broad SMARTS) is 1. The van der Waals surface area contributed by atoms with Crippen LogP contribution in [-0.4, -0.2) is 22.3 Å². The van der Waals surface area contributed by atoms with Crippen molar-refractivity contribution in [2.45, 2.75) is 31.8 Å². The minimum atomic E-state index is -0.909. The van der Waals surface area contributed by atoms with Gasteiger partial charge < -0.3 is 10.2 Å². The predicted octanol–water partition coefficient (Wildman–Crippen LogP) is 0.622. The minimum absolute atomic E-state index is 0.101. The minimum Gasteiger partial charge on any atom is -0.481 e. The lowest BCUT2D eigenvalue weighted by atomic mass is 10.1. The molecule has 1 aliphatic carbocycles. The first-order valence-corrected chi connectivity index (χ1v) is 3.58. The van der Waals surface area contributed by atoms with E-state index in [1.54, 1.807) is 0 Å². The van der Waals surface area contributed by atoms with Crippen molar-refractivity contribution in [3.05, 3.63) is 0 Å². The molecule has 0 bridgehead atoms. The number of hydrogen-bond acceptors (Lipinski definition) is 2. The fraction of sp³-hybridized carbons (Fsp3) is 0.857. The third-order valence-corrected chi connectivity index (χ3v) is 1.71. The Balaban J connectivity index is 2.07. The molecular weight excluding hydrogens is 132 g/mol. The maximum atomic E-state index is 10.1. The maximum Gasteiger partial charge on any atom is 0.305 e. The molecular formula is C7H12O3.